The van der Waals surface area contributed by atoms with Crippen LogP contribution in [-0.2, 0) is 28.7 Å². The highest BCUT2D eigenvalue weighted by atomic mass is 16.4. The second kappa shape index (κ2) is 9.69. The summed E-state index contributed by atoms with van der Waals surface area (Å²) in [6, 6.07) is 12.4. The number of carbonyl (C=O) groups is 2. The molecule has 0 saturated carbocycles. The molecular formula is C25H29N7O3. The minimum Gasteiger partial charge on any atom is -0.480 e. The number of amidine groups is 1. The highest BCUT2D eigenvalue weighted by Crippen LogP contribution is 2.28. The van der Waals surface area contributed by atoms with Crippen molar-refractivity contribution in [2.45, 2.75) is 25.0 Å². The molecule has 0 bridgehead atoms. The molecule has 35 heavy (non-hydrogen) atoms. The van der Waals surface area contributed by atoms with Crippen LogP contribution in [0.1, 0.15) is 23.9 Å². The number of Topliss-reactive ketones (excluding diaryl/α,β-unsaturated/α-hetero) is 1. The summed E-state index contributed by atoms with van der Waals surface area (Å²) >= 11 is 0. The van der Waals surface area contributed by atoms with E-state index in [1.54, 1.807) is 25.1 Å². The van der Waals surface area contributed by atoms with E-state index in [-0.39, 0.29) is 18.2 Å². The standard InChI is InChI=1S/C25H29N7O3/c1-25(30-14-22(33)34,23(35)18-4-3-11-28-18)16-7-10-20-19(12-16)31-21(32(20)2)13-29-17-8-5-15(6-9-17)24(26)27/h3-10,12,18,28-30H,11,13-14H2,1-2H3,(H3,26,27)(H,33,34). The minimum absolute atomic E-state index is 0.0192. The van der Waals surface area contributed by atoms with E-state index < -0.39 is 17.6 Å². The van der Waals surface area contributed by atoms with Crippen molar-refractivity contribution >= 4 is 34.3 Å². The van der Waals surface area contributed by atoms with E-state index in [2.05, 4.69) is 16.0 Å². The summed E-state index contributed by atoms with van der Waals surface area (Å²) in [5.74, 6) is -0.383. The number of imidazole rings is 1. The normalized spacial score (nSPS) is 16.8. The molecule has 1 aliphatic heterocycles. The van der Waals surface area contributed by atoms with E-state index in [1.807, 2.05) is 48.0 Å². The number of nitrogens with zero attached hydrogens (tertiary/aromatic N) is 2. The Morgan fingerprint density at radius 3 is 2.66 bits per heavy atom. The highest BCUT2D eigenvalue weighted by Gasteiger charge is 2.39. The summed E-state index contributed by atoms with van der Waals surface area (Å²) in [6.07, 6.45) is 3.68. The fraction of sp³-hybridized carbons (Fsp3) is 0.280. The van der Waals surface area contributed by atoms with Gasteiger partial charge in [-0.3, -0.25) is 20.3 Å². The summed E-state index contributed by atoms with van der Waals surface area (Å²) in [5.41, 5.74) is 8.07. The number of rotatable bonds is 10. The van der Waals surface area contributed by atoms with Gasteiger partial charge in [0.2, 0.25) is 0 Å². The Labute approximate surface area is 202 Å². The van der Waals surface area contributed by atoms with Gasteiger partial charge in [0.05, 0.1) is 30.2 Å². The van der Waals surface area contributed by atoms with Crippen LogP contribution < -0.4 is 21.7 Å². The number of nitrogen functional groups attached to an aromatic ring is 1. The molecule has 4 rings (SSSR count). The van der Waals surface area contributed by atoms with Crippen LogP contribution in [0.2, 0.25) is 0 Å². The first-order chi connectivity index (χ1) is 16.7. The molecule has 2 heterocycles. The number of nitrogens with two attached hydrogens (primary N) is 1. The Morgan fingerprint density at radius 1 is 1.29 bits per heavy atom. The largest absolute Gasteiger partial charge is 0.480 e. The lowest BCUT2D eigenvalue weighted by atomic mass is 9.84. The van der Waals surface area contributed by atoms with Crippen LogP contribution in [0.15, 0.2) is 54.6 Å². The topological polar surface area (TPSA) is 158 Å². The molecule has 10 nitrogen and oxygen atoms in total. The molecule has 2 unspecified atom stereocenters. The first-order valence-electron chi connectivity index (χ1n) is 11.2. The molecule has 2 aromatic carbocycles. The fourth-order valence-corrected chi connectivity index (χ4v) is 4.21. The van der Waals surface area contributed by atoms with Crippen LogP contribution in [-0.4, -0.2) is 51.4 Å². The van der Waals surface area contributed by atoms with Gasteiger partial charge in [0.25, 0.3) is 0 Å². The molecular weight excluding hydrogens is 446 g/mol. The molecule has 0 radical (unpaired) electrons. The Bertz CT molecular complexity index is 1310. The first kappa shape index (κ1) is 24.1. The van der Waals surface area contributed by atoms with E-state index in [1.165, 1.54) is 0 Å². The van der Waals surface area contributed by atoms with Crippen LogP contribution in [0.25, 0.3) is 11.0 Å². The number of fused-ring (bicyclic) bond motifs is 1. The fourth-order valence-electron chi connectivity index (χ4n) is 4.21. The number of nitrogens with one attached hydrogen (secondary N) is 4. The van der Waals surface area contributed by atoms with Gasteiger partial charge in [-0.05, 0) is 48.9 Å². The Kier molecular flexibility index (Phi) is 6.68. The van der Waals surface area contributed by atoms with Crippen molar-refractivity contribution in [2.24, 2.45) is 12.8 Å². The molecule has 0 amide bonds. The van der Waals surface area contributed by atoms with Gasteiger partial charge in [0.1, 0.15) is 17.2 Å². The summed E-state index contributed by atoms with van der Waals surface area (Å²) in [4.78, 5) is 29.4. The third-order valence-corrected chi connectivity index (χ3v) is 6.35. The van der Waals surface area contributed by atoms with Gasteiger partial charge in [-0.1, -0.05) is 18.2 Å². The Balaban J connectivity index is 1.60. The SMILES string of the molecule is Cn1c(CNc2ccc(C(=N)N)cc2)nc2cc(C(C)(NCC(=O)O)C(=O)C3C=CCN3)ccc21. The van der Waals surface area contributed by atoms with Crippen molar-refractivity contribution in [3.8, 4) is 0 Å². The van der Waals surface area contributed by atoms with Gasteiger partial charge in [-0.15, -0.1) is 0 Å². The summed E-state index contributed by atoms with van der Waals surface area (Å²) in [7, 11) is 1.92. The number of hydrogen-bond acceptors (Lipinski definition) is 7. The van der Waals surface area contributed by atoms with E-state index in [0.717, 1.165) is 17.0 Å². The summed E-state index contributed by atoms with van der Waals surface area (Å²) in [6.45, 7) is 2.42. The molecule has 10 heteroatoms. The Hall–Kier alpha value is -4.02. The molecule has 2 atom stereocenters. The summed E-state index contributed by atoms with van der Waals surface area (Å²) < 4.78 is 1.97. The van der Waals surface area contributed by atoms with Gasteiger partial charge < -0.3 is 26.0 Å². The molecule has 0 aliphatic carbocycles. The van der Waals surface area contributed by atoms with Gasteiger partial charge in [-0.25, -0.2) is 4.98 Å². The second-order valence-electron chi connectivity index (χ2n) is 8.69. The van der Waals surface area contributed by atoms with Crippen LogP contribution in [0.4, 0.5) is 5.69 Å². The lowest BCUT2D eigenvalue weighted by Crippen LogP contribution is -2.54. The number of aryl methyl sites for hydroxylation is 1. The number of ketones is 1. The van der Waals surface area contributed by atoms with Gasteiger partial charge in [-0.2, -0.15) is 0 Å². The molecule has 182 valence electrons. The first-order valence-corrected chi connectivity index (χ1v) is 11.2. The number of carbonyl (C=O) groups excluding carboxylic acids is 1. The van der Waals surface area contributed by atoms with Gasteiger partial charge in [0, 0.05) is 24.8 Å². The minimum atomic E-state index is -1.21. The number of benzene rings is 2. The molecule has 0 saturated heterocycles. The number of carboxylic acid groups (broad SMARTS) is 1. The second-order valence-corrected chi connectivity index (χ2v) is 8.69. The maximum Gasteiger partial charge on any atom is 0.317 e. The van der Waals surface area contributed by atoms with E-state index in [0.29, 0.717) is 29.7 Å². The number of hydrogen-bond donors (Lipinski definition) is 6. The van der Waals surface area contributed by atoms with Crippen LogP contribution >= 0.6 is 0 Å². The number of aromatic nitrogens is 2. The van der Waals surface area contributed by atoms with E-state index in [9.17, 15) is 14.7 Å². The van der Waals surface area contributed by atoms with Crippen molar-refractivity contribution in [1.29, 1.82) is 5.41 Å². The average molecular weight is 476 g/mol. The molecule has 1 aliphatic rings. The molecule has 7 N–H and O–H groups in total. The maximum absolute atomic E-state index is 13.4. The van der Waals surface area contributed by atoms with Gasteiger partial charge >= 0.3 is 5.97 Å². The third kappa shape index (κ3) is 4.93. The van der Waals surface area contributed by atoms with Crippen molar-refractivity contribution in [2.75, 3.05) is 18.4 Å². The lowest BCUT2D eigenvalue weighted by Gasteiger charge is -2.31. The predicted molar refractivity (Wildman–Crippen MR) is 134 cm³/mol. The predicted octanol–water partition coefficient (Wildman–Crippen LogP) is 1.46. The van der Waals surface area contributed by atoms with E-state index >= 15 is 0 Å². The number of anilines is 1. The van der Waals surface area contributed by atoms with Crippen molar-refractivity contribution < 1.29 is 14.7 Å². The zero-order chi connectivity index (χ0) is 25.2. The quantitative estimate of drug-likeness (QED) is 0.146. The van der Waals surface area contributed by atoms with Crippen molar-refractivity contribution in [3.63, 3.8) is 0 Å². The van der Waals surface area contributed by atoms with Crippen molar-refractivity contribution in [1.82, 2.24) is 20.2 Å². The van der Waals surface area contributed by atoms with Crippen LogP contribution in [0, 0.1) is 5.41 Å². The number of aliphatic carboxylic acids is 1. The highest BCUT2D eigenvalue weighted by molar-refractivity contribution is 5.97. The van der Waals surface area contributed by atoms with Crippen LogP contribution in [0.5, 0.6) is 0 Å². The molecule has 0 spiro atoms. The zero-order valence-electron chi connectivity index (χ0n) is 19.6. The molecule has 1 aromatic heterocycles. The third-order valence-electron chi connectivity index (χ3n) is 6.35. The summed E-state index contributed by atoms with van der Waals surface area (Å²) in [5, 5.41) is 26.1. The smallest absolute Gasteiger partial charge is 0.317 e. The van der Waals surface area contributed by atoms with Gasteiger partial charge in [0.15, 0.2) is 5.78 Å². The number of carboxylic acids is 1. The van der Waals surface area contributed by atoms with Crippen molar-refractivity contribution in [3.05, 3.63) is 71.6 Å². The molecule has 0 fully saturated rings. The zero-order valence-corrected chi connectivity index (χ0v) is 19.6. The molecule has 3 aromatic rings. The van der Waals surface area contributed by atoms with E-state index in [4.69, 9.17) is 16.1 Å². The lowest BCUT2D eigenvalue weighted by molar-refractivity contribution is -0.136. The Morgan fingerprint density at radius 2 is 2.03 bits per heavy atom. The van der Waals surface area contributed by atoms with Crippen LogP contribution in [0.3, 0.4) is 0 Å². The average Bonchev–Trinajstić information content (AvgIpc) is 3.49. The maximum atomic E-state index is 13.4. The monoisotopic (exact) mass is 475 g/mol.